The molecule has 0 aromatic carbocycles. The molecule has 4 heteroatoms. The molecule has 2 radical (unpaired) electrons. The van der Waals surface area contributed by atoms with E-state index >= 15 is 0 Å². The summed E-state index contributed by atoms with van der Waals surface area (Å²) >= 11 is 2.42. The maximum atomic E-state index is 10.4. The lowest BCUT2D eigenvalue weighted by Crippen LogP contribution is -2.24. The molecule has 3 nitrogen and oxygen atoms in total. The van der Waals surface area contributed by atoms with Gasteiger partial charge in [0, 0.05) is 5.57 Å². The second-order valence-corrected chi connectivity index (χ2v) is 3.04. The van der Waals surface area contributed by atoms with E-state index in [0.29, 0.717) is 12.0 Å². The number of carboxylic acids is 1. The van der Waals surface area contributed by atoms with E-state index in [4.69, 9.17) is 5.11 Å². The van der Waals surface area contributed by atoms with Crippen molar-refractivity contribution >= 4 is 22.3 Å². The van der Waals surface area contributed by atoms with Gasteiger partial charge in [-0.05, 0) is 32.5 Å². The average molecular weight is 227 g/mol. The van der Waals surface area contributed by atoms with E-state index < -0.39 is 5.97 Å². The maximum Gasteiger partial charge on any atom is 0.330 e. The van der Waals surface area contributed by atoms with Gasteiger partial charge in [-0.2, -0.15) is 0 Å². The Morgan fingerprint density at radius 1 is 1.33 bits per heavy atom. The number of aliphatic carboxylic acids is 1. The first-order valence-corrected chi connectivity index (χ1v) is 6.48. The molecule has 0 spiro atoms. The lowest BCUT2D eigenvalue weighted by molar-refractivity contribution is -0.132. The van der Waals surface area contributed by atoms with Crippen LogP contribution < -0.4 is 0 Å². The van der Waals surface area contributed by atoms with Crippen LogP contribution in [0.2, 0.25) is 5.79 Å². The molecular weight excluding hydrogens is 205 g/mol. The minimum Gasteiger partial charge on any atom is -0.478 e. The zero-order valence-electron chi connectivity index (χ0n) is 10.1. The quantitative estimate of drug-likeness (QED) is 0.534. The van der Waals surface area contributed by atoms with E-state index in [-0.39, 0.29) is 0 Å². The lowest BCUT2D eigenvalue weighted by atomic mass is 10.1. The van der Waals surface area contributed by atoms with Gasteiger partial charge in [0.1, 0.15) is 16.3 Å². The summed E-state index contributed by atoms with van der Waals surface area (Å²) < 4.78 is 0. The van der Waals surface area contributed by atoms with Crippen LogP contribution in [0.25, 0.3) is 0 Å². The highest BCUT2D eigenvalue weighted by Crippen LogP contribution is 2.03. The molecule has 0 saturated carbocycles. The summed E-state index contributed by atoms with van der Waals surface area (Å²) in [4.78, 5) is 12.7. The van der Waals surface area contributed by atoms with Crippen molar-refractivity contribution in [2.24, 2.45) is 0 Å². The predicted molar refractivity (Wildman–Crippen MR) is 65.4 cm³/mol. The first-order valence-electron chi connectivity index (χ1n) is 5.33. The van der Waals surface area contributed by atoms with Crippen LogP contribution in [-0.4, -0.2) is 51.9 Å². The van der Waals surface area contributed by atoms with Crippen molar-refractivity contribution < 1.29 is 9.90 Å². The molecule has 1 N–H and O–H groups in total. The summed E-state index contributed by atoms with van der Waals surface area (Å²) in [7, 11) is 0. The summed E-state index contributed by atoms with van der Waals surface area (Å²) in [6.07, 6.45) is 1.47. The molecule has 15 heavy (non-hydrogen) atoms. The van der Waals surface area contributed by atoms with Crippen LogP contribution >= 0.6 is 0 Å². The zero-order valence-corrected chi connectivity index (χ0v) is 11.3. The van der Waals surface area contributed by atoms with Crippen molar-refractivity contribution in [1.29, 1.82) is 0 Å². The fourth-order valence-corrected chi connectivity index (χ4v) is 1.16. The molecule has 86 valence electrons. The maximum absolute atomic E-state index is 10.4. The number of carboxylic acid groups (broad SMARTS) is 1. The normalized spacial score (nSPS) is 9.33. The van der Waals surface area contributed by atoms with E-state index in [1.807, 2.05) is 5.79 Å². The van der Waals surface area contributed by atoms with Gasteiger partial charge >= 0.3 is 5.97 Å². The lowest BCUT2D eigenvalue weighted by Gasteiger charge is -2.17. The van der Waals surface area contributed by atoms with E-state index in [1.165, 1.54) is 0 Å². The molecule has 0 aromatic rings. The Hall–Kier alpha value is -0.298. The van der Waals surface area contributed by atoms with Crippen LogP contribution in [0.1, 0.15) is 26.7 Å². The van der Waals surface area contributed by atoms with Gasteiger partial charge in [0.25, 0.3) is 0 Å². The fraction of sp³-hybridized carbons (Fsp3) is 0.727. The fourth-order valence-electron chi connectivity index (χ4n) is 1.16. The first kappa shape index (κ1) is 17.1. The number of nitrogens with zero attached hydrogens (tertiary/aromatic N) is 1. The molecule has 0 amide bonds. The Kier molecular flexibility index (Phi) is 13.4. The summed E-state index contributed by atoms with van der Waals surface area (Å²) in [6, 6.07) is 0. The highest BCUT2D eigenvalue weighted by atomic mass is 27.0. The average Bonchev–Trinajstić information content (AvgIpc) is 2.26. The molecule has 0 unspecified atom stereocenters. The molecule has 0 heterocycles. The molecule has 0 atom stereocenters. The van der Waals surface area contributed by atoms with Crippen molar-refractivity contribution in [3.63, 3.8) is 0 Å². The van der Waals surface area contributed by atoms with Crippen LogP contribution in [-0.2, 0) is 4.79 Å². The minimum atomic E-state index is -0.875. The van der Waals surface area contributed by atoms with E-state index in [9.17, 15) is 4.79 Å². The van der Waals surface area contributed by atoms with Gasteiger partial charge in [-0.25, -0.2) is 4.79 Å². The van der Waals surface area contributed by atoms with Crippen LogP contribution in [0.15, 0.2) is 12.2 Å². The van der Waals surface area contributed by atoms with Crippen molar-refractivity contribution in [2.45, 2.75) is 32.5 Å². The highest BCUT2D eigenvalue weighted by Gasteiger charge is 2.04. The third-order valence-corrected chi connectivity index (χ3v) is 2.15. The van der Waals surface area contributed by atoms with Gasteiger partial charge in [-0.15, -0.1) is 5.79 Å². The number of hydrogen-bond donors (Lipinski definition) is 1. The highest BCUT2D eigenvalue weighted by molar-refractivity contribution is 6.05. The standard InChI is InChI=1S/C10H19NO2.CH3.Al/c1-4-11(5-2)8-6-7-9(3)10(12)13;;/h3-8H2,1-2H3,(H,12,13);1H3;. The van der Waals surface area contributed by atoms with Crippen molar-refractivity contribution in [3.8, 4) is 0 Å². The van der Waals surface area contributed by atoms with Gasteiger partial charge in [-0.1, -0.05) is 20.4 Å². The van der Waals surface area contributed by atoms with Crippen molar-refractivity contribution in [2.75, 3.05) is 19.6 Å². The van der Waals surface area contributed by atoms with Gasteiger partial charge in [0.15, 0.2) is 0 Å². The number of hydrogen-bond acceptors (Lipinski definition) is 2. The summed E-state index contributed by atoms with van der Waals surface area (Å²) in [5.41, 5.74) is 0.312. The van der Waals surface area contributed by atoms with Crippen molar-refractivity contribution in [3.05, 3.63) is 12.2 Å². The molecule has 0 fully saturated rings. The molecule has 0 aliphatic rings. The molecule has 0 saturated heterocycles. The number of carbonyl (C=O) groups is 1. The van der Waals surface area contributed by atoms with Gasteiger partial charge in [-0.3, -0.25) is 0 Å². The largest absolute Gasteiger partial charge is 0.478 e. The van der Waals surface area contributed by atoms with E-state index in [2.05, 4.69) is 41.6 Å². The summed E-state index contributed by atoms with van der Waals surface area (Å²) in [5.74, 6) is 1.04. The summed E-state index contributed by atoms with van der Waals surface area (Å²) in [6.45, 7) is 10.7. The first-order chi connectivity index (χ1) is 7.11. The molecule has 0 rings (SSSR count). The molecular formula is C11H22AlNO2. The SMILES string of the molecule is C=C(CCCN(CC)CC)C(=O)O.[CH3][Al]. The van der Waals surface area contributed by atoms with E-state index in [0.717, 1.165) is 26.1 Å². The van der Waals surface area contributed by atoms with Gasteiger partial charge in [0.05, 0.1) is 0 Å². The van der Waals surface area contributed by atoms with Crippen LogP contribution in [0.3, 0.4) is 0 Å². The Balaban J connectivity index is 0. The van der Waals surface area contributed by atoms with Crippen LogP contribution in [0.5, 0.6) is 0 Å². The molecule has 0 aliphatic heterocycles. The zero-order chi connectivity index (χ0) is 12.3. The third kappa shape index (κ3) is 9.99. The second kappa shape index (κ2) is 11.8. The molecule has 0 bridgehead atoms. The minimum absolute atomic E-state index is 0.312. The topological polar surface area (TPSA) is 40.5 Å². The second-order valence-electron chi connectivity index (χ2n) is 3.04. The Morgan fingerprint density at radius 3 is 2.13 bits per heavy atom. The third-order valence-electron chi connectivity index (χ3n) is 2.15. The molecule has 0 aliphatic carbocycles. The van der Waals surface area contributed by atoms with Gasteiger partial charge < -0.3 is 10.0 Å². The monoisotopic (exact) mass is 227 g/mol. The summed E-state index contributed by atoms with van der Waals surface area (Å²) in [5, 5.41) is 8.55. The van der Waals surface area contributed by atoms with E-state index in [1.54, 1.807) is 0 Å². The predicted octanol–water partition coefficient (Wildman–Crippen LogP) is 1.95. The Morgan fingerprint density at radius 2 is 1.80 bits per heavy atom. The van der Waals surface area contributed by atoms with Crippen molar-refractivity contribution in [1.82, 2.24) is 4.90 Å². The van der Waals surface area contributed by atoms with Crippen LogP contribution in [0.4, 0.5) is 0 Å². The number of rotatable bonds is 7. The molecule has 0 aromatic heterocycles. The Bertz CT molecular complexity index is 179. The Labute approximate surface area is 102 Å². The van der Waals surface area contributed by atoms with Crippen LogP contribution in [0, 0.1) is 0 Å². The smallest absolute Gasteiger partial charge is 0.330 e. The van der Waals surface area contributed by atoms with Gasteiger partial charge in [0.2, 0.25) is 0 Å².